The lowest BCUT2D eigenvalue weighted by Gasteiger charge is -2.36. The maximum absolute atomic E-state index is 13.4. The van der Waals surface area contributed by atoms with Gasteiger partial charge in [0.25, 0.3) is 5.78 Å². The van der Waals surface area contributed by atoms with Crippen LogP contribution in [0.3, 0.4) is 0 Å². The van der Waals surface area contributed by atoms with Gasteiger partial charge >= 0.3 is 0 Å². The summed E-state index contributed by atoms with van der Waals surface area (Å²) in [6.45, 7) is 4.36. The van der Waals surface area contributed by atoms with E-state index in [1.165, 1.54) is 18.5 Å². The minimum absolute atomic E-state index is 0.0239. The minimum Gasteiger partial charge on any atom is -0.349 e. The van der Waals surface area contributed by atoms with Crippen LogP contribution >= 0.6 is 0 Å². The third-order valence-corrected chi connectivity index (χ3v) is 5.64. The van der Waals surface area contributed by atoms with Crippen LogP contribution < -0.4 is 5.32 Å². The van der Waals surface area contributed by atoms with Crippen molar-refractivity contribution in [3.05, 3.63) is 71.8 Å². The van der Waals surface area contributed by atoms with E-state index >= 15 is 0 Å². The quantitative estimate of drug-likeness (QED) is 0.549. The molecule has 0 radical (unpaired) electrons. The number of carbonyl (C=O) groups is 1. The van der Waals surface area contributed by atoms with Gasteiger partial charge in [-0.25, -0.2) is 18.6 Å². The van der Waals surface area contributed by atoms with Crippen LogP contribution in [0.4, 0.5) is 4.39 Å². The first-order chi connectivity index (χ1) is 14.9. The van der Waals surface area contributed by atoms with Gasteiger partial charge in [-0.3, -0.25) is 4.79 Å². The highest BCUT2D eigenvalue weighted by Gasteiger charge is 2.36. The molecule has 0 saturated carbocycles. The number of halogens is 1. The Kier molecular flexibility index (Phi) is 4.53. The van der Waals surface area contributed by atoms with Crippen molar-refractivity contribution in [2.45, 2.75) is 39.2 Å². The highest BCUT2D eigenvalue weighted by Crippen LogP contribution is 2.41. The summed E-state index contributed by atoms with van der Waals surface area (Å²) in [5, 5.41) is 11.8. The Morgan fingerprint density at radius 2 is 2.00 bits per heavy atom. The number of hydrogen-bond acceptors (Lipinski definition) is 5. The molecule has 3 heterocycles. The topological polar surface area (TPSA) is 90.0 Å². The van der Waals surface area contributed by atoms with E-state index in [4.69, 9.17) is 0 Å². The predicted octanol–water partition coefficient (Wildman–Crippen LogP) is 2.82. The second kappa shape index (κ2) is 7.26. The summed E-state index contributed by atoms with van der Waals surface area (Å²) in [5.74, 6) is 0.120. The Morgan fingerprint density at radius 3 is 2.81 bits per heavy atom. The van der Waals surface area contributed by atoms with E-state index in [-0.39, 0.29) is 29.6 Å². The maximum atomic E-state index is 13.4. The Hall–Kier alpha value is -3.62. The van der Waals surface area contributed by atoms with E-state index in [1.807, 2.05) is 10.9 Å². The van der Waals surface area contributed by atoms with Crippen LogP contribution in [0.5, 0.6) is 0 Å². The van der Waals surface area contributed by atoms with E-state index in [0.717, 1.165) is 35.3 Å². The molecule has 5 rings (SSSR count). The number of nitrogens with zero attached hydrogens (tertiary/aromatic N) is 6. The normalized spacial score (nSPS) is 17.5. The van der Waals surface area contributed by atoms with Crippen LogP contribution in [0.25, 0.3) is 11.5 Å². The van der Waals surface area contributed by atoms with E-state index < -0.39 is 0 Å². The van der Waals surface area contributed by atoms with Crippen LogP contribution in [0.15, 0.2) is 49.2 Å². The fourth-order valence-corrected chi connectivity index (χ4v) is 4.26. The Morgan fingerprint density at radius 1 is 1.19 bits per heavy atom. The van der Waals surface area contributed by atoms with E-state index in [2.05, 4.69) is 39.3 Å². The molecule has 0 aliphatic heterocycles. The fourth-order valence-electron chi connectivity index (χ4n) is 4.26. The van der Waals surface area contributed by atoms with E-state index in [0.29, 0.717) is 5.78 Å². The fraction of sp³-hybridized carbons (Fsp3) is 0.318. The molecule has 0 spiro atoms. The molecule has 1 aromatic carbocycles. The number of fused-ring (bicyclic) bond motifs is 2. The van der Waals surface area contributed by atoms with E-state index in [1.54, 1.807) is 29.0 Å². The van der Waals surface area contributed by atoms with Crippen molar-refractivity contribution in [2.75, 3.05) is 0 Å². The smallest absolute Gasteiger partial charge is 0.252 e. The molecule has 1 atom stereocenters. The molecule has 9 heteroatoms. The van der Waals surface area contributed by atoms with Crippen molar-refractivity contribution >= 4 is 11.7 Å². The van der Waals surface area contributed by atoms with E-state index in [9.17, 15) is 9.18 Å². The first kappa shape index (κ1) is 19.3. The largest absolute Gasteiger partial charge is 0.349 e. The molecule has 1 amide bonds. The molecule has 4 aromatic rings. The molecule has 3 aromatic heterocycles. The van der Waals surface area contributed by atoms with Gasteiger partial charge in [-0.2, -0.15) is 15.2 Å². The SMILES string of the molecule is CC1(C)Cc2c(cnn2-c2ccc(F)cc2)[C@H](NC(=O)Cc2cnc3ncnn3c2)C1. The van der Waals surface area contributed by atoms with Crippen LogP contribution in [-0.4, -0.2) is 35.3 Å². The lowest BCUT2D eigenvalue weighted by atomic mass is 9.74. The highest BCUT2D eigenvalue weighted by molar-refractivity contribution is 5.79. The first-order valence-electron chi connectivity index (χ1n) is 10.1. The maximum Gasteiger partial charge on any atom is 0.252 e. The van der Waals surface area contributed by atoms with Crippen LogP contribution in [-0.2, 0) is 17.6 Å². The zero-order valence-electron chi connectivity index (χ0n) is 17.3. The molecule has 0 unspecified atom stereocenters. The summed E-state index contributed by atoms with van der Waals surface area (Å²) < 4.78 is 16.7. The second-order valence-corrected chi connectivity index (χ2v) is 8.74. The summed E-state index contributed by atoms with van der Waals surface area (Å²) in [6, 6.07) is 6.13. The third-order valence-electron chi connectivity index (χ3n) is 5.64. The summed E-state index contributed by atoms with van der Waals surface area (Å²) in [4.78, 5) is 21.1. The van der Waals surface area contributed by atoms with Gasteiger partial charge in [0.05, 0.1) is 30.0 Å². The number of nitrogens with one attached hydrogen (secondary N) is 1. The molecule has 31 heavy (non-hydrogen) atoms. The summed E-state index contributed by atoms with van der Waals surface area (Å²) in [7, 11) is 0. The van der Waals surface area contributed by atoms with Crippen molar-refractivity contribution in [3.63, 3.8) is 0 Å². The van der Waals surface area contributed by atoms with Gasteiger partial charge in [0.2, 0.25) is 5.91 Å². The number of benzene rings is 1. The lowest BCUT2D eigenvalue weighted by Crippen LogP contribution is -2.37. The standard InChI is InChI=1S/C22H22FN7O/c1-22(2)8-18(28-20(31)7-14-10-24-21-25-13-27-29(21)12-14)17-11-26-30(19(17)9-22)16-5-3-15(23)4-6-16/h3-6,10-13,18H,7-9H2,1-2H3,(H,28,31)/t18-/m1/s1. The zero-order chi connectivity index (χ0) is 21.6. The molecule has 1 aliphatic rings. The average Bonchev–Trinajstić information content (AvgIpc) is 3.34. The predicted molar refractivity (Wildman–Crippen MR) is 111 cm³/mol. The van der Waals surface area contributed by atoms with Crippen molar-refractivity contribution in [2.24, 2.45) is 5.41 Å². The van der Waals surface area contributed by atoms with Gasteiger partial charge in [0, 0.05) is 18.0 Å². The van der Waals surface area contributed by atoms with Gasteiger partial charge in [-0.1, -0.05) is 13.8 Å². The lowest BCUT2D eigenvalue weighted by molar-refractivity contribution is -0.121. The van der Waals surface area contributed by atoms with Crippen LogP contribution in [0.1, 0.15) is 43.1 Å². The van der Waals surface area contributed by atoms with Gasteiger partial charge in [0.1, 0.15) is 12.1 Å². The molecule has 1 N–H and O–H groups in total. The molecule has 1 aliphatic carbocycles. The van der Waals surface area contributed by atoms with Crippen molar-refractivity contribution in [1.29, 1.82) is 0 Å². The summed E-state index contributed by atoms with van der Waals surface area (Å²) in [5.41, 5.74) is 3.58. The third kappa shape index (κ3) is 3.78. The Labute approximate surface area is 178 Å². The molecule has 158 valence electrons. The van der Waals surface area contributed by atoms with Crippen molar-refractivity contribution in [1.82, 2.24) is 34.7 Å². The average molecular weight is 419 g/mol. The Bertz CT molecular complexity index is 1260. The first-order valence-corrected chi connectivity index (χ1v) is 10.1. The highest BCUT2D eigenvalue weighted by atomic mass is 19.1. The minimum atomic E-state index is -0.284. The number of aromatic nitrogens is 6. The molecule has 8 nitrogen and oxygen atoms in total. The zero-order valence-corrected chi connectivity index (χ0v) is 17.3. The molecule has 0 saturated heterocycles. The Balaban J connectivity index is 1.39. The molecular weight excluding hydrogens is 397 g/mol. The number of carbonyl (C=O) groups excluding carboxylic acids is 1. The number of rotatable bonds is 4. The van der Waals surface area contributed by atoms with Gasteiger partial charge in [0.15, 0.2) is 0 Å². The number of amides is 1. The van der Waals surface area contributed by atoms with Gasteiger partial charge < -0.3 is 5.32 Å². The van der Waals surface area contributed by atoms with Crippen LogP contribution in [0, 0.1) is 11.2 Å². The summed E-state index contributed by atoms with van der Waals surface area (Å²) >= 11 is 0. The molecular formula is C22H22FN7O. The van der Waals surface area contributed by atoms with Gasteiger partial charge in [-0.05, 0) is 48.1 Å². The number of hydrogen-bond donors (Lipinski definition) is 1. The van der Waals surface area contributed by atoms with Crippen molar-refractivity contribution < 1.29 is 9.18 Å². The molecule has 0 bridgehead atoms. The van der Waals surface area contributed by atoms with Gasteiger partial charge in [-0.15, -0.1) is 0 Å². The second-order valence-electron chi connectivity index (χ2n) is 8.74. The monoisotopic (exact) mass is 419 g/mol. The summed E-state index contributed by atoms with van der Waals surface area (Å²) in [6.07, 6.45) is 8.46. The molecule has 0 fully saturated rings. The van der Waals surface area contributed by atoms with Crippen molar-refractivity contribution in [3.8, 4) is 5.69 Å². The van der Waals surface area contributed by atoms with Crippen LogP contribution in [0.2, 0.25) is 0 Å².